The molecule has 0 bridgehead atoms. The van der Waals surface area contributed by atoms with E-state index in [0.717, 1.165) is 17.7 Å². The van der Waals surface area contributed by atoms with Crippen LogP contribution in [0, 0.1) is 0 Å². The summed E-state index contributed by atoms with van der Waals surface area (Å²) in [5.74, 6) is 0.366. The van der Waals surface area contributed by atoms with Gasteiger partial charge < -0.3 is 14.3 Å². The fourth-order valence-corrected chi connectivity index (χ4v) is 4.24. The van der Waals surface area contributed by atoms with Crippen LogP contribution in [0.2, 0.25) is 0 Å². The van der Waals surface area contributed by atoms with E-state index in [1.165, 1.54) is 0 Å². The van der Waals surface area contributed by atoms with Gasteiger partial charge in [0.15, 0.2) is 0 Å². The van der Waals surface area contributed by atoms with Crippen LogP contribution in [0.25, 0.3) is 11.3 Å². The van der Waals surface area contributed by atoms with Gasteiger partial charge in [-0.25, -0.2) is 0 Å². The van der Waals surface area contributed by atoms with Crippen LogP contribution >= 0.6 is 0 Å². The van der Waals surface area contributed by atoms with Gasteiger partial charge in [-0.3, -0.25) is 9.59 Å². The van der Waals surface area contributed by atoms with Gasteiger partial charge in [-0.05, 0) is 25.0 Å². The first-order chi connectivity index (χ1) is 14.5. The van der Waals surface area contributed by atoms with E-state index in [1.807, 2.05) is 54.6 Å². The van der Waals surface area contributed by atoms with Crippen molar-refractivity contribution in [3.8, 4) is 11.3 Å². The third-order valence-electron chi connectivity index (χ3n) is 5.65. The topological polar surface area (TPSA) is 66.7 Å². The number of likely N-dealkylation sites (N-methyl/N-ethyl adjacent to an activating group) is 1. The molecule has 0 aliphatic carbocycles. The minimum Gasteiger partial charge on any atom is -0.361 e. The number of aromatic nitrogens is 1. The van der Waals surface area contributed by atoms with E-state index in [-0.39, 0.29) is 11.8 Å². The Hall–Kier alpha value is -3.41. The maximum absolute atomic E-state index is 13.4. The molecule has 3 aromatic rings. The molecule has 6 heteroatoms. The number of carbonyl (C=O) groups excluding carboxylic acids is 2. The van der Waals surface area contributed by atoms with Crippen molar-refractivity contribution in [2.24, 2.45) is 0 Å². The lowest BCUT2D eigenvalue weighted by atomic mass is 9.88. The lowest BCUT2D eigenvalue weighted by Crippen LogP contribution is -2.58. The highest BCUT2D eigenvalue weighted by Gasteiger charge is 2.51. The molecule has 2 aromatic carbocycles. The van der Waals surface area contributed by atoms with Crippen LogP contribution in [-0.2, 0) is 11.2 Å². The average molecular weight is 403 g/mol. The Bertz CT molecular complexity index is 1030. The number of hydrogen-bond acceptors (Lipinski definition) is 4. The number of benzene rings is 2. The Kier molecular flexibility index (Phi) is 5.40. The fraction of sp³-hybridized carbons (Fsp3) is 0.292. The zero-order valence-electron chi connectivity index (χ0n) is 17.2. The smallest absolute Gasteiger partial charge is 0.254 e. The van der Waals surface area contributed by atoms with Gasteiger partial charge >= 0.3 is 0 Å². The molecule has 4 rings (SSSR count). The van der Waals surface area contributed by atoms with Gasteiger partial charge in [0.1, 0.15) is 17.0 Å². The van der Waals surface area contributed by atoms with Gasteiger partial charge in [-0.15, -0.1) is 0 Å². The molecule has 6 nitrogen and oxygen atoms in total. The number of hydrogen-bond donors (Lipinski definition) is 0. The number of rotatable bonds is 5. The Balaban J connectivity index is 1.69. The Morgan fingerprint density at radius 2 is 1.73 bits per heavy atom. The van der Waals surface area contributed by atoms with E-state index in [0.29, 0.717) is 30.7 Å². The second-order valence-electron chi connectivity index (χ2n) is 7.88. The summed E-state index contributed by atoms with van der Waals surface area (Å²) in [5, 5.41) is 4.19. The van der Waals surface area contributed by atoms with Gasteiger partial charge in [0.2, 0.25) is 5.91 Å². The maximum atomic E-state index is 13.4. The normalized spacial score (nSPS) is 18.4. The van der Waals surface area contributed by atoms with Crippen molar-refractivity contribution in [3.63, 3.8) is 0 Å². The molecule has 0 spiro atoms. The molecule has 1 aromatic heterocycles. The highest BCUT2D eigenvalue weighted by molar-refractivity contribution is 5.99. The Labute approximate surface area is 176 Å². The summed E-state index contributed by atoms with van der Waals surface area (Å²) in [6.45, 7) is 0.535. The molecule has 30 heavy (non-hydrogen) atoms. The number of likely N-dealkylation sites (tertiary alicyclic amines) is 1. The largest absolute Gasteiger partial charge is 0.361 e. The molecule has 1 fully saturated rings. The summed E-state index contributed by atoms with van der Waals surface area (Å²) in [6, 6.07) is 20.7. The SMILES string of the molecule is CN(C)C(=O)C1(Cc2cc(-c3ccccc3)no2)CCCN1C(=O)c1ccccc1. The van der Waals surface area contributed by atoms with Crippen molar-refractivity contribution in [1.29, 1.82) is 0 Å². The molecule has 2 amide bonds. The molecule has 1 unspecified atom stereocenters. The molecular formula is C24H25N3O3. The van der Waals surface area contributed by atoms with Gasteiger partial charge in [-0.1, -0.05) is 53.7 Å². The summed E-state index contributed by atoms with van der Waals surface area (Å²) in [7, 11) is 3.45. The summed E-state index contributed by atoms with van der Waals surface area (Å²) >= 11 is 0. The van der Waals surface area contributed by atoms with Crippen molar-refractivity contribution in [3.05, 3.63) is 78.1 Å². The lowest BCUT2D eigenvalue weighted by molar-refractivity contribution is -0.139. The number of amides is 2. The molecule has 1 saturated heterocycles. The number of nitrogens with zero attached hydrogens (tertiary/aromatic N) is 3. The molecule has 0 N–H and O–H groups in total. The quantitative estimate of drug-likeness (QED) is 0.652. The van der Waals surface area contributed by atoms with Gasteiger partial charge in [0, 0.05) is 44.3 Å². The molecule has 1 atom stereocenters. The van der Waals surface area contributed by atoms with Crippen LogP contribution in [0.15, 0.2) is 71.3 Å². The van der Waals surface area contributed by atoms with Crippen LogP contribution < -0.4 is 0 Å². The predicted molar refractivity (Wildman–Crippen MR) is 114 cm³/mol. The minimum absolute atomic E-state index is 0.0954. The summed E-state index contributed by atoms with van der Waals surface area (Å²) in [6.07, 6.45) is 1.64. The maximum Gasteiger partial charge on any atom is 0.254 e. The fourth-order valence-electron chi connectivity index (χ4n) is 4.24. The third-order valence-corrected chi connectivity index (χ3v) is 5.65. The number of carbonyl (C=O) groups is 2. The first kappa shape index (κ1) is 19.9. The zero-order valence-corrected chi connectivity index (χ0v) is 17.2. The third kappa shape index (κ3) is 3.61. The molecule has 1 aliphatic heterocycles. The monoisotopic (exact) mass is 403 g/mol. The lowest BCUT2D eigenvalue weighted by Gasteiger charge is -2.38. The van der Waals surface area contributed by atoms with Gasteiger partial charge in [-0.2, -0.15) is 0 Å². The van der Waals surface area contributed by atoms with Crippen molar-refractivity contribution in [2.45, 2.75) is 24.8 Å². The first-order valence-electron chi connectivity index (χ1n) is 10.1. The van der Waals surface area contributed by atoms with Crippen LogP contribution in [0.5, 0.6) is 0 Å². The minimum atomic E-state index is -0.982. The predicted octanol–water partition coefficient (Wildman–Crippen LogP) is 3.65. The molecule has 2 heterocycles. The standard InChI is InChI=1S/C24H25N3O3/c1-26(2)23(29)24(14-9-15-27(24)22(28)19-12-7-4-8-13-19)17-20-16-21(25-30-20)18-10-5-3-6-11-18/h3-8,10-13,16H,9,14-15,17H2,1-2H3. The average Bonchev–Trinajstić information content (AvgIpc) is 3.42. The van der Waals surface area contributed by atoms with Crippen molar-refractivity contribution in [1.82, 2.24) is 15.0 Å². The van der Waals surface area contributed by atoms with Gasteiger partial charge in [0.05, 0.1) is 0 Å². The first-order valence-corrected chi connectivity index (χ1v) is 10.1. The summed E-state index contributed by atoms with van der Waals surface area (Å²) < 4.78 is 5.61. The van der Waals surface area contributed by atoms with Crippen molar-refractivity contribution < 1.29 is 14.1 Å². The zero-order chi connectivity index (χ0) is 21.1. The van der Waals surface area contributed by atoms with Crippen molar-refractivity contribution in [2.75, 3.05) is 20.6 Å². The summed E-state index contributed by atoms with van der Waals surface area (Å²) in [4.78, 5) is 30.0. The van der Waals surface area contributed by atoms with E-state index < -0.39 is 5.54 Å². The molecule has 1 aliphatic rings. The van der Waals surface area contributed by atoms with Gasteiger partial charge in [0.25, 0.3) is 5.91 Å². The Morgan fingerprint density at radius 3 is 2.40 bits per heavy atom. The molecular weight excluding hydrogens is 378 g/mol. The Morgan fingerprint density at radius 1 is 1.07 bits per heavy atom. The van der Waals surface area contributed by atoms with Crippen LogP contribution in [0.4, 0.5) is 0 Å². The molecule has 154 valence electrons. The van der Waals surface area contributed by atoms with Crippen LogP contribution in [-0.4, -0.2) is 52.9 Å². The van der Waals surface area contributed by atoms with E-state index >= 15 is 0 Å². The van der Waals surface area contributed by atoms with Crippen LogP contribution in [0.1, 0.15) is 29.0 Å². The summed E-state index contributed by atoms with van der Waals surface area (Å²) in [5.41, 5.74) is 1.27. The van der Waals surface area contributed by atoms with E-state index in [2.05, 4.69) is 5.16 Å². The van der Waals surface area contributed by atoms with E-state index in [4.69, 9.17) is 4.52 Å². The van der Waals surface area contributed by atoms with Crippen molar-refractivity contribution >= 4 is 11.8 Å². The van der Waals surface area contributed by atoms with E-state index in [9.17, 15) is 9.59 Å². The van der Waals surface area contributed by atoms with E-state index in [1.54, 1.807) is 36.0 Å². The second kappa shape index (κ2) is 8.14. The highest BCUT2D eigenvalue weighted by Crippen LogP contribution is 2.36. The second-order valence-corrected chi connectivity index (χ2v) is 7.88. The highest BCUT2D eigenvalue weighted by atomic mass is 16.5. The molecule has 0 radical (unpaired) electrons. The van der Waals surface area contributed by atoms with Crippen LogP contribution in [0.3, 0.4) is 0 Å². The molecule has 0 saturated carbocycles.